The molecule has 1 heterocycles. The quantitative estimate of drug-likeness (QED) is 0.740. The third kappa shape index (κ3) is 1.43. The molecule has 1 aliphatic rings. The standard InChI is InChI=1S/C10H10FNO2/c11-8-6-7(3-4-9(8)13)12-5-1-2-10(12)14/h3-4,6,13H,1-2,5H2. The fourth-order valence-electron chi connectivity index (χ4n) is 1.58. The van der Waals surface area contributed by atoms with E-state index in [-0.39, 0.29) is 11.7 Å². The fraction of sp³-hybridized carbons (Fsp3) is 0.300. The van der Waals surface area contributed by atoms with Crippen molar-refractivity contribution in [1.29, 1.82) is 0 Å². The van der Waals surface area contributed by atoms with Gasteiger partial charge in [-0.1, -0.05) is 0 Å². The number of carbonyl (C=O) groups is 1. The average Bonchev–Trinajstić information content (AvgIpc) is 2.57. The second-order valence-electron chi connectivity index (χ2n) is 3.28. The number of phenolic OH excluding ortho intramolecular Hbond substituents is 1. The molecule has 0 unspecified atom stereocenters. The van der Waals surface area contributed by atoms with Gasteiger partial charge in [-0.05, 0) is 18.6 Å². The second kappa shape index (κ2) is 3.29. The van der Waals surface area contributed by atoms with Gasteiger partial charge in [-0.3, -0.25) is 4.79 Å². The molecular formula is C10H10FNO2. The minimum Gasteiger partial charge on any atom is -0.505 e. The number of phenols is 1. The van der Waals surface area contributed by atoms with E-state index in [0.29, 0.717) is 18.7 Å². The van der Waals surface area contributed by atoms with Gasteiger partial charge in [0.15, 0.2) is 11.6 Å². The van der Waals surface area contributed by atoms with Crippen LogP contribution in [0, 0.1) is 5.82 Å². The number of hydrogen-bond donors (Lipinski definition) is 1. The SMILES string of the molecule is O=C1CCCN1c1ccc(O)c(F)c1. The van der Waals surface area contributed by atoms with E-state index in [1.165, 1.54) is 17.0 Å². The molecule has 0 aromatic heterocycles. The molecule has 1 aromatic rings. The van der Waals surface area contributed by atoms with Gasteiger partial charge in [0.1, 0.15) is 0 Å². The van der Waals surface area contributed by atoms with Crippen LogP contribution in [0.2, 0.25) is 0 Å². The second-order valence-corrected chi connectivity index (χ2v) is 3.28. The number of amides is 1. The van der Waals surface area contributed by atoms with Gasteiger partial charge < -0.3 is 10.0 Å². The molecule has 1 fully saturated rings. The average molecular weight is 195 g/mol. The molecule has 1 amide bonds. The van der Waals surface area contributed by atoms with Crippen molar-refractivity contribution in [3.63, 3.8) is 0 Å². The predicted octanol–water partition coefficient (Wildman–Crippen LogP) is 1.66. The lowest BCUT2D eigenvalue weighted by Crippen LogP contribution is -2.23. The van der Waals surface area contributed by atoms with Crippen molar-refractivity contribution < 1.29 is 14.3 Å². The van der Waals surface area contributed by atoms with Crippen molar-refractivity contribution in [3.8, 4) is 5.75 Å². The van der Waals surface area contributed by atoms with Crippen LogP contribution in [0.15, 0.2) is 18.2 Å². The normalized spacial score (nSPS) is 16.4. The summed E-state index contributed by atoms with van der Waals surface area (Å²) in [5.74, 6) is -1.07. The summed E-state index contributed by atoms with van der Waals surface area (Å²) in [7, 11) is 0. The van der Waals surface area contributed by atoms with Crippen LogP contribution in [0.1, 0.15) is 12.8 Å². The van der Waals surface area contributed by atoms with Crippen molar-refractivity contribution in [2.24, 2.45) is 0 Å². The van der Waals surface area contributed by atoms with Crippen molar-refractivity contribution in [2.75, 3.05) is 11.4 Å². The summed E-state index contributed by atoms with van der Waals surface area (Å²) < 4.78 is 13.0. The van der Waals surface area contributed by atoms with Crippen LogP contribution < -0.4 is 4.90 Å². The predicted molar refractivity (Wildman–Crippen MR) is 49.7 cm³/mol. The number of halogens is 1. The zero-order valence-electron chi connectivity index (χ0n) is 7.53. The Balaban J connectivity index is 2.32. The molecule has 0 bridgehead atoms. The van der Waals surface area contributed by atoms with E-state index in [1.807, 2.05) is 0 Å². The molecule has 0 spiro atoms. The Morgan fingerprint density at radius 1 is 1.43 bits per heavy atom. The highest BCUT2D eigenvalue weighted by Crippen LogP contribution is 2.25. The van der Waals surface area contributed by atoms with Crippen molar-refractivity contribution in [3.05, 3.63) is 24.0 Å². The van der Waals surface area contributed by atoms with Crippen LogP contribution in [0.3, 0.4) is 0 Å². The highest BCUT2D eigenvalue weighted by Gasteiger charge is 2.22. The van der Waals surface area contributed by atoms with Gasteiger partial charge >= 0.3 is 0 Å². The van der Waals surface area contributed by atoms with Crippen molar-refractivity contribution in [1.82, 2.24) is 0 Å². The van der Waals surface area contributed by atoms with E-state index in [4.69, 9.17) is 5.11 Å². The number of rotatable bonds is 1. The summed E-state index contributed by atoms with van der Waals surface area (Å²) in [6.45, 7) is 0.628. The Bertz CT molecular complexity index is 378. The smallest absolute Gasteiger partial charge is 0.227 e. The van der Waals surface area contributed by atoms with Crippen LogP contribution in [0.25, 0.3) is 0 Å². The molecule has 14 heavy (non-hydrogen) atoms. The molecule has 0 radical (unpaired) electrons. The Labute approximate surface area is 80.8 Å². The third-order valence-corrected chi connectivity index (χ3v) is 2.32. The number of nitrogens with zero attached hydrogens (tertiary/aromatic N) is 1. The van der Waals surface area contributed by atoms with E-state index in [9.17, 15) is 9.18 Å². The topological polar surface area (TPSA) is 40.5 Å². The molecular weight excluding hydrogens is 185 g/mol. The minimum absolute atomic E-state index is 0.00934. The maximum absolute atomic E-state index is 13.0. The van der Waals surface area contributed by atoms with Crippen molar-refractivity contribution in [2.45, 2.75) is 12.8 Å². The summed E-state index contributed by atoms with van der Waals surface area (Å²) in [6, 6.07) is 3.98. The molecule has 1 aliphatic heterocycles. The Hall–Kier alpha value is -1.58. The first kappa shape index (κ1) is 8.99. The molecule has 1 aromatic carbocycles. The summed E-state index contributed by atoms with van der Waals surface area (Å²) in [5.41, 5.74) is 0.516. The zero-order chi connectivity index (χ0) is 10.1. The summed E-state index contributed by atoms with van der Waals surface area (Å²) in [5, 5.41) is 8.97. The van der Waals surface area contributed by atoms with E-state index >= 15 is 0 Å². The third-order valence-electron chi connectivity index (χ3n) is 2.32. The number of carbonyl (C=O) groups excluding carboxylic acids is 1. The number of hydrogen-bond acceptors (Lipinski definition) is 2. The zero-order valence-corrected chi connectivity index (χ0v) is 7.53. The molecule has 0 atom stereocenters. The maximum Gasteiger partial charge on any atom is 0.227 e. The monoisotopic (exact) mass is 195 g/mol. The molecule has 3 nitrogen and oxygen atoms in total. The molecule has 2 rings (SSSR count). The number of benzene rings is 1. The van der Waals surface area contributed by atoms with Crippen LogP contribution >= 0.6 is 0 Å². The lowest BCUT2D eigenvalue weighted by molar-refractivity contribution is -0.117. The van der Waals surface area contributed by atoms with Crippen LogP contribution in [0.5, 0.6) is 5.75 Å². The van der Waals surface area contributed by atoms with Crippen LogP contribution in [-0.2, 0) is 4.79 Å². The van der Waals surface area contributed by atoms with E-state index in [2.05, 4.69) is 0 Å². The highest BCUT2D eigenvalue weighted by molar-refractivity contribution is 5.95. The van der Waals surface area contributed by atoms with Crippen LogP contribution in [-0.4, -0.2) is 17.6 Å². The van der Waals surface area contributed by atoms with Gasteiger partial charge in [0.25, 0.3) is 0 Å². The van der Waals surface area contributed by atoms with Gasteiger partial charge in [-0.15, -0.1) is 0 Å². The summed E-state index contributed by atoms with van der Waals surface area (Å²) in [6.07, 6.45) is 1.32. The first-order valence-corrected chi connectivity index (χ1v) is 4.47. The van der Waals surface area contributed by atoms with Gasteiger partial charge in [-0.2, -0.15) is 0 Å². The van der Waals surface area contributed by atoms with E-state index < -0.39 is 5.82 Å². The summed E-state index contributed by atoms with van der Waals surface area (Å²) >= 11 is 0. The molecule has 0 saturated carbocycles. The molecule has 1 N–H and O–H groups in total. The Morgan fingerprint density at radius 3 is 2.79 bits per heavy atom. The molecule has 4 heteroatoms. The van der Waals surface area contributed by atoms with Gasteiger partial charge in [-0.25, -0.2) is 4.39 Å². The Kier molecular flexibility index (Phi) is 2.11. The summed E-state index contributed by atoms with van der Waals surface area (Å²) in [4.78, 5) is 12.8. The fourth-order valence-corrected chi connectivity index (χ4v) is 1.58. The van der Waals surface area contributed by atoms with Gasteiger partial charge in [0, 0.05) is 24.7 Å². The highest BCUT2D eigenvalue weighted by atomic mass is 19.1. The maximum atomic E-state index is 13.0. The first-order chi connectivity index (χ1) is 6.68. The first-order valence-electron chi connectivity index (χ1n) is 4.47. The number of anilines is 1. The molecule has 74 valence electrons. The van der Waals surface area contributed by atoms with E-state index in [1.54, 1.807) is 6.07 Å². The molecule has 0 aliphatic carbocycles. The van der Waals surface area contributed by atoms with Gasteiger partial charge in [0.2, 0.25) is 5.91 Å². The van der Waals surface area contributed by atoms with Crippen LogP contribution in [0.4, 0.5) is 10.1 Å². The molecule has 1 saturated heterocycles. The van der Waals surface area contributed by atoms with Gasteiger partial charge in [0.05, 0.1) is 0 Å². The van der Waals surface area contributed by atoms with E-state index in [0.717, 1.165) is 6.42 Å². The lowest BCUT2D eigenvalue weighted by Gasteiger charge is -2.15. The Morgan fingerprint density at radius 2 is 2.21 bits per heavy atom. The lowest BCUT2D eigenvalue weighted by atomic mass is 10.2. The number of aromatic hydroxyl groups is 1. The largest absolute Gasteiger partial charge is 0.505 e. The van der Waals surface area contributed by atoms with Crippen molar-refractivity contribution >= 4 is 11.6 Å². The minimum atomic E-state index is -0.692.